The Bertz CT molecular complexity index is 986. The third kappa shape index (κ3) is 3.65. The van der Waals surface area contributed by atoms with Crippen molar-refractivity contribution in [2.24, 2.45) is 0 Å². The second-order valence-electron chi connectivity index (χ2n) is 5.87. The van der Waals surface area contributed by atoms with E-state index in [1.807, 2.05) is 0 Å². The van der Waals surface area contributed by atoms with E-state index in [4.69, 9.17) is 16.3 Å². The number of halogens is 1. The quantitative estimate of drug-likeness (QED) is 0.406. The van der Waals surface area contributed by atoms with Crippen molar-refractivity contribution in [3.05, 3.63) is 52.8 Å². The van der Waals surface area contributed by atoms with Gasteiger partial charge in [-0.05, 0) is 12.1 Å². The molecule has 0 aliphatic carbocycles. The lowest BCUT2D eigenvalue weighted by molar-refractivity contribution is -0.109. The zero-order chi connectivity index (χ0) is 19.4. The first-order valence-corrected chi connectivity index (χ1v) is 8.66. The summed E-state index contributed by atoms with van der Waals surface area (Å²) in [6.45, 7) is 0.189. The minimum atomic E-state index is -0.578. The predicted octanol–water partition coefficient (Wildman–Crippen LogP) is 3.11. The SMILES string of the molecule is CNc1cnc2[nH]cc(C(=O)c3ccccc3Cl)c2c1NC(C=O)COC. The monoisotopic (exact) mass is 386 g/mol. The number of nitrogens with one attached hydrogen (secondary N) is 3. The van der Waals surface area contributed by atoms with Crippen molar-refractivity contribution in [2.45, 2.75) is 6.04 Å². The summed E-state index contributed by atoms with van der Waals surface area (Å²) >= 11 is 6.20. The van der Waals surface area contributed by atoms with Gasteiger partial charge in [0.05, 0.1) is 40.2 Å². The Kier molecular flexibility index (Phi) is 5.73. The molecule has 3 N–H and O–H groups in total. The fraction of sp³-hybridized carbons (Fsp3) is 0.211. The van der Waals surface area contributed by atoms with E-state index in [1.54, 1.807) is 43.7 Å². The molecule has 27 heavy (non-hydrogen) atoms. The molecule has 0 saturated heterocycles. The van der Waals surface area contributed by atoms with Crippen LogP contribution in [0.25, 0.3) is 11.0 Å². The summed E-state index contributed by atoms with van der Waals surface area (Å²) in [5.41, 5.74) is 2.57. The summed E-state index contributed by atoms with van der Waals surface area (Å²) in [5.74, 6) is -0.237. The summed E-state index contributed by atoms with van der Waals surface area (Å²) in [6, 6.07) is 6.28. The van der Waals surface area contributed by atoms with E-state index in [0.29, 0.717) is 38.6 Å². The number of anilines is 2. The highest BCUT2D eigenvalue weighted by atomic mass is 35.5. The Balaban J connectivity index is 2.16. The van der Waals surface area contributed by atoms with Gasteiger partial charge in [0.25, 0.3) is 0 Å². The minimum Gasteiger partial charge on any atom is -0.385 e. The van der Waals surface area contributed by atoms with Crippen LogP contribution in [0, 0.1) is 0 Å². The molecule has 0 fully saturated rings. The average molecular weight is 387 g/mol. The van der Waals surface area contributed by atoms with Gasteiger partial charge in [-0.25, -0.2) is 4.98 Å². The van der Waals surface area contributed by atoms with Crippen molar-refractivity contribution in [1.82, 2.24) is 9.97 Å². The molecule has 0 bridgehead atoms. The molecule has 2 heterocycles. The highest BCUT2D eigenvalue weighted by Crippen LogP contribution is 2.34. The molecule has 3 aromatic rings. The molecule has 0 amide bonds. The van der Waals surface area contributed by atoms with Gasteiger partial charge in [0, 0.05) is 25.9 Å². The lowest BCUT2D eigenvalue weighted by Crippen LogP contribution is -2.27. The number of aldehydes is 1. The first kappa shape index (κ1) is 18.9. The zero-order valence-electron chi connectivity index (χ0n) is 14.9. The molecule has 3 rings (SSSR count). The molecular formula is C19H19ClN4O3. The van der Waals surface area contributed by atoms with Crippen LogP contribution >= 0.6 is 11.6 Å². The predicted molar refractivity (Wildman–Crippen MR) is 106 cm³/mol. The number of carbonyl (C=O) groups excluding carboxylic acids is 2. The van der Waals surface area contributed by atoms with Crippen LogP contribution in [0.5, 0.6) is 0 Å². The van der Waals surface area contributed by atoms with Crippen LogP contribution in [0.4, 0.5) is 11.4 Å². The van der Waals surface area contributed by atoms with Gasteiger partial charge in [-0.15, -0.1) is 0 Å². The molecular weight excluding hydrogens is 368 g/mol. The van der Waals surface area contributed by atoms with E-state index in [0.717, 1.165) is 6.29 Å². The molecule has 0 radical (unpaired) electrons. The lowest BCUT2D eigenvalue weighted by Gasteiger charge is -2.18. The standard InChI is InChI=1S/C19H19ClN4O3/c1-21-15-8-23-19-16(17(15)24-11(9-25)10-27-2)13(7-22-19)18(26)12-5-3-4-6-14(12)20/h3-9,11,21H,10H2,1-2H3,(H2,22,23,24). The molecule has 0 spiro atoms. The Hall–Kier alpha value is -2.90. The van der Waals surface area contributed by atoms with Gasteiger partial charge in [-0.3, -0.25) is 4.79 Å². The van der Waals surface area contributed by atoms with Gasteiger partial charge in [0.2, 0.25) is 0 Å². The van der Waals surface area contributed by atoms with Crippen LogP contribution < -0.4 is 10.6 Å². The fourth-order valence-corrected chi connectivity index (χ4v) is 3.11. The number of fused-ring (bicyclic) bond motifs is 1. The fourth-order valence-electron chi connectivity index (χ4n) is 2.88. The number of pyridine rings is 1. The van der Waals surface area contributed by atoms with E-state index < -0.39 is 6.04 Å². The van der Waals surface area contributed by atoms with Crippen molar-refractivity contribution in [3.8, 4) is 0 Å². The van der Waals surface area contributed by atoms with E-state index in [1.165, 1.54) is 7.11 Å². The highest BCUT2D eigenvalue weighted by molar-refractivity contribution is 6.35. The number of aromatic nitrogens is 2. The maximum absolute atomic E-state index is 13.1. The summed E-state index contributed by atoms with van der Waals surface area (Å²) in [7, 11) is 3.25. The van der Waals surface area contributed by atoms with Crippen molar-refractivity contribution in [3.63, 3.8) is 0 Å². The number of hydrogen-bond donors (Lipinski definition) is 3. The zero-order valence-corrected chi connectivity index (χ0v) is 15.6. The third-order valence-electron chi connectivity index (χ3n) is 4.17. The average Bonchev–Trinajstić information content (AvgIpc) is 3.12. The Morgan fingerprint density at radius 2 is 2.15 bits per heavy atom. The number of ketones is 1. The largest absolute Gasteiger partial charge is 0.385 e. The number of nitrogens with zero attached hydrogens (tertiary/aromatic N) is 1. The number of rotatable bonds is 8. The van der Waals surface area contributed by atoms with E-state index in [9.17, 15) is 9.59 Å². The summed E-state index contributed by atoms with van der Waals surface area (Å²) in [4.78, 5) is 31.8. The van der Waals surface area contributed by atoms with E-state index >= 15 is 0 Å². The molecule has 0 aliphatic rings. The minimum absolute atomic E-state index is 0.189. The molecule has 1 aromatic carbocycles. The Labute approximate surface area is 161 Å². The molecule has 1 atom stereocenters. The first-order chi connectivity index (χ1) is 13.1. The second kappa shape index (κ2) is 8.20. The van der Waals surface area contributed by atoms with Gasteiger partial charge >= 0.3 is 0 Å². The first-order valence-electron chi connectivity index (χ1n) is 8.28. The van der Waals surface area contributed by atoms with Crippen LogP contribution in [-0.2, 0) is 9.53 Å². The number of methoxy groups -OCH3 is 1. The second-order valence-corrected chi connectivity index (χ2v) is 6.28. The van der Waals surface area contributed by atoms with Crippen molar-refractivity contribution >= 4 is 46.1 Å². The van der Waals surface area contributed by atoms with E-state index in [-0.39, 0.29) is 12.4 Å². The van der Waals surface area contributed by atoms with Gasteiger partial charge < -0.3 is 25.1 Å². The number of ether oxygens (including phenoxy) is 1. The van der Waals surface area contributed by atoms with Gasteiger partial charge in [0.15, 0.2) is 5.78 Å². The van der Waals surface area contributed by atoms with Crippen LogP contribution in [0.15, 0.2) is 36.7 Å². The smallest absolute Gasteiger partial charge is 0.196 e. The van der Waals surface area contributed by atoms with Gasteiger partial charge in [0.1, 0.15) is 18.0 Å². The maximum Gasteiger partial charge on any atom is 0.196 e. The number of benzene rings is 1. The molecule has 0 saturated carbocycles. The Morgan fingerprint density at radius 1 is 1.37 bits per heavy atom. The van der Waals surface area contributed by atoms with E-state index in [2.05, 4.69) is 20.6 Å². The number of carbonyl (C=O) groups is 2. The third-order valence-corrected chi connectivity index (χ3v) is 4.50. The summed E-state index contributed by atoms with van der Waals surface area (Å²) < 4.78 is 5.07. The van der Waals surface area contributed by atoms with Crippen LogP contribution in [-0.4, -0.2) is 48.8 Å². The normalized spacial score (nSPS) is 12.0. The van der Waals surface area contributed by atoms with Crippen molar-refractivity contribution < 1.29 is 14.3 Å². The van der Waals surface area contributed by atoms with Crippen LogP contribution in [0.2, 0.25) is 5.02 Å². The molecule has 2 aromatic heterocycles. The molecule has 8 heteroatoms. The topological polar surface area (TPSA) is 96.1 Å². The Morgan fingerprint density at radius 3 is 2.81 bits per heavy atom. The van der Waals surface area contributed by atoms with Crippen molar-refractivity contribution in [1.29, 1.82) is 0 Å². The summed E-state index contributed by atoms with van der Waals surface area (Å²) in [5, 5.41) is 7.12. The number of H-pyrrole nitrogens is 1. The maximum atomic E-state index is 13.1. The van der Waals surface area contributed by atoms with Crippen LogP contribution in [0.1, 0.15) is 15.9 Å². The number of aromatic amines is 1. The molecule has 1 unspecified atom stereocenters. The molecule has 7 nitrogen and oxygen atoms in total. The van der Waals surface area contributed by atoms with Crippen LogP contribution in [0.3, 0.4) is 0 Å². The molecule has 140 valence electrons. The van der Waals surface area contributed by atoms with Crippen molar-refractivity contribution in [2.75, 3.05) is 31.4 Å². The van der Waals surface area contributed by atoms with Gasteiger partial charge in [-0.1, -0.05) is 23.7 Å². The summed E-state index contributed by atoms with van der Waals surface area (Å²) in [6.07, 6.45) is 3.98. The number of hydrogen-bond acceptors (Lipinski definition) is 6. The molecule has 0 aliphatic heterocycles. The highest BCUT2D eigenvalue weighted by Gasteiger charge is 2.22. The van der Waals surface area contributed by atoms with Gasteiger partial charge in [-0.2, -0.15) is 0 Å². The lowest BCUT2D eigenvalue weighted by atomic mass is 10.0.